The van der Waals surface area contributed by atoms with Crippen LogP contribution in [0.3, 0.4) is 0 Å². The van der Waals surface area contributed by atoms with Crippen LogP contribution in [0.4, 0.5) is 5.69 Å². The Morgan fingerprint density at radius 2 is 1.80 bits per heavy atom. The van der Waals surface area contributed by atoms with Crippen LogP contribution in [0, 0.1) is 0 Å². The van der Waals surface area contributed by atoms with Crippen molar-refractivity contribution in [3.63, 3.8) is 0 Å². The lowest BCUT2D eigenvalue weighted by atomic mass is 10.2. The maximum absolute atomic E-state index is 11.9. The van der Waals surface area contributed by atoms with E-state index in [1.54, 1.807) is 30.3 Å². The number of ether oxygens (including phenoxy) is 1. The van der Waals surface area contributed by atoms with Crippen molar-refractivity contribution in [2.75, 3.05) is 11.9 Å². The SMILES string of the molecule is CCc1ccc(OCC(=O)NC(=S)Nc2ccccc2C(=O)O)cc1. The van der Waals surface area contributed by atoms with E-state index in [2.05, 4.69) is 17.6 Å². The van der Waals surface area contributed by atoms with Gasteiger partial charge < -0.3 is 15.2 Å². The van der Waals surface area contributed by atoms with Crippen LogP contribution in [0.2, 0.25) is 0 Å². The molecule has 0 saturated carbocycles. The number of carboxylic acids is 1. The number of para-hydroxylation sites is 1. The number of anilines is 1. The third-order valence-electron chi connectivity index (χ3n) is 3.36. The van der Waals surface area contributed by atoms with Crippen LogP contribution < -0.4 is 15.4 Å². The highest BCUT2D eigenvalue weighted by Gasteiger charge is 2.11. The first kappa shape index (κ1) is 18.4. The van der Waals surface area contributed by atoms with Crippen LogP contribution in [0.15, 0.2) is 48.5 Å². The molecule has 2 rings (SSSR count). The monoisotopic (exact) mass is 358 g/mol. The van der Waals surface area contributed by atoms with E-state index in [4.69, 9.17) is 22.1 Å². The van der Waals surface area contributed by atoms with Crippen molar-refractivity contribution in [2.45, 2.75) is 13.3 Å². The zero-order valence-electron chi connectivity index (χ0n) is 13.6. The summed E-state index contributed by atoms with van der Waals surface area (Å²) in [6.45, 7) is 1.85. The molecule has 0 aromatic heterocycles. The number of carboxylic acid groups (broad SMARTS) is 1. The number of benzene rings is 2. The Bertz CT molecular complexity index is 775. The number of hydrogen-bond acceptors (Lipinski definition) is 4. The summed E-state index contributed by atoms with van der Waals surface area (Å²) < 4.78 is 5.39. The molecule has 1 amide bonds. The van der Waals surface area contributed by atoms with E-state index in [1.165, 1.54) is 11.6 Å². The van der Waals surface area contributed by atoms with Crippen LogP contribution >= 0.6 is 12.2 Å². The molecule has 0 bridgehead atoms. The molecule has 0 atom stereocenters. The van der Waals surface area contributed by atoms with E-state index < -0.39 is 11.9 Å². The fourth-order valence-electron chi connectivity index (χ4n) is 2.07. The molecular weight excluding hydrogens is 340 g/mol. The predicted molar refractivity (Wildman–Crippen MR) is 99.1 cm³/mol. The number of aromatic carboxylic acids is 1. The number of thiocarbonyl (C=S) groups is 1. The molecule has 0 spiro atoms. The van der Waals surface area contributed by atoms with E-state index in [1.807, 2.05) is 12.1 Å². The quantitative estimate of drug-likeness (QED) is 0.688. The standard InChI is InChI=1S/C18H18N2O4S/c1-2-12-7-9-13(10-8-12)24-11-16(21)20-18(25)19-15-6-4-3-5-14(15)17(22)23/h3-10H,2,11H2,1H3,(H,22,23)(H2,19,20,21,25). The average molecular weight is 358 g/mol. The average Bonchev–Trinajstić information content (AvgIpc) is 2.60. The first-order valence-electron chi connectivity index (χ1n) is 7.64. The second-order valence-electron chi connectivity index (χ2n) is 5.14. The number of aryl methyl sites for hydroxylation is 1. The van der Waals surface area contributed by atoms with E-state index in [0.29, 0.717) is 11.4 Å². The van der Waals surface area contributed by atoms with E-state index in [9.17, 15) is 9.59 Å². The van der Waals surface area contributed by atoms with Gasteiger partial charge in [0.05, 0.1) is 11.3 Å². The highest BCUT2D eigenvalue weighted by atomic mass is 32.1. The minimum atomic E-state index is -1.09. The Labute approximate surface area is 150 Å². The van der Waals surface area contributed by atoms with E-state index in [0.717, 1.165) is 6.42 Å². The van der Waals surface area contributed by atoms with Crippen molar-refractivity contribution in [1.82, 2.24) is 5.32 Å². The number of rotatable bonds is 6. The summed E-state index contributed by atoms with van der Waals surface area (Å²) >= 11 is 5.03. The zero-order valence-corrected chi connectivity index (χ0v) is 14.4. The molecule has 0 aliphatic carbocycles. The van der Waals surface area contributed by atoms with Crippen molar-refractivity contribution < 1.29 is 19.4 Å². The fourth-order valence-corrected chi connectivity index (χ4v) is 2.29. The molecule has 2 aromatic rings. The largest absolute Gasteiger partial charge is 0.484 e. The predicted octanol–water partition coefficient (Wildman–Crippen LogP) is 2.84. The van der Waals surface area contributed by atoms with Crippen molar-refractivity contribution in [2.24, 2.45) is 0 Å². The molecule has 0 saturated heterocycles. The summed E-state index contributed by atoms with van der Waals surface area (Å²) in [6.07, 6.45) is 0.929. The minimum Gasteiger partial charge on any atom is -0.484 e. The first-order valence-corrected chi connectivity index (χ1v) is 8.05. The second kappa shape index (κ2) is 8.79. The summed E-state index contributed by atoms with van der Waals surface area (Å²) in [5, 5.41) is 14.3. The van der Waals surface area contributed by atoms with Gasteiger partial charge in [-0.05, 0) is 48.5 Å². The molecule has 0 aliphatic rings. The van der Waals surface area contributed by atoms with Gasteiger partial charge in [-0.25, -0.2) is 4.79 Å². The summed E-state index contributed by atoms with van der Waals surface area (Å²) in [7, 11) is 0. The Morgan fingerprint density at radius 3 is 2.44 bits per heavy atom. The van der Waals surface area contributed by atoms with Crippen molar-refractivity contribution in [3.05, 3.63) is 59.7 Å². The fraction of sp³-hybridized carbons (Fsp3) is 0.167. The molecule has 130 valence electrons. The summed E-state index contributed by atoms with van der Waals surface area (Å²) in [4.78, 5) is 23.0. The second-order valence-corrected chi connectivity index (χ2v) is 5.55. The Morgan fingerprint density at radius 1 is 1.12 bits per heavy atom. The minimum absolute atomic E-state index is 0.00336. The lowest BCUT2D eigenvalue weighted by molar-refractivity contribution is -0.121. The highest BCUT2D eigenvalue weighted by molar-refractivity contribution is 7.80. The van der Waals surface area contributed by atoms with Crippen molar-refractivity contribution in [3.8, 4) is 5.75 Å². The third-order valence-corrected chi connectivity index (χ3v) is 3.56. The molecule has 3 N–H and O–H groups in total. The van der Waals surface area contributed by atoms with Crippen LogP contribution in [0.25, 0.3) is 0 Å². The van der Waals surface area contributed by atoms with Gasteiger partial charge in [0.2, 0.25) is 0 Å². The molecule has 2 aromatic carbocycles. The first-order chi connectivity index (χ1) is 12.0. The lowest BCUT2D eigenvalue weighted by Gasteiger charge is -2.12. The van der Waals surface area contributed by atoms with E-state index in [-0.39, 0.29) is 17.3 Å². The number of carbonyl (C=O) groups excluding carboxylic acids is 1. The van der Waals surface area contributed by atoms with Crippen molar-refractivity contribution >= 4 is 34.9 Å². The van der Waals surface area contributed by atoms with Crippen LogP contribution in [0.1, 0.15) is 22.8 Å². The maximum atomic E-state index is 11.9. The van der Waals surface area contributed by atoms with Gasteiger partial charge in [-0.3, -0.25) is 10.1 Å². The van der Waals surface area contributed by atoms with Gasteiger partial charge >= 0.3 is 5.97 Å². The molecule has 0 unspecified atom stereocenters. The Hall–Kier alpha value is -2.93. The molecule has 25 heavy (non-hydrogen) atoms. The zero-order chi connectivity index (χ0) is 18.2. The van der Waals surface area contributed by atoms with Crippen LogP contribution in [-0.4, -0.2) is 28.7 Å². The maximum Gasteiger partial charge on any atom is 0.337 e. The number of carbonyl (C=O) groups is 2. The number of nitrogens with one attached hydrogen (secondary N) is 2. The molecule has 7 heteroatoms. The van der Waals surface area contributed by atoms with Crippen molar-refractivity contribution in [1.29, 1.82) is 0 Å². The number of amides is 1. The molecule has 0 aliphatic heterocycles. The van der Waals surface area contributed by atoms with Crippen LogP contribution in [0.5, 0.6) is 5.75 Å². The number of hydrogen-bond donors (Lipinski definition) is 3. The van der Waals surface area contributed by atoms with Gasteiger partial charge in [-0.2, -0.15) is 0 Å². The molecular formula is C18H18N2O4S. The summed E-state index contributed by atoms with van der Waals surface area (Å²) in [5.41, 5.74) is 1.54. The Kier molecular flexibility index (Phi) is 6.47. The van der Waals surface area contributed by atoms with Gasteiger partial charge in [0.15, 0.2) is 11.7 Å². The van der Waals surface area contributed by atoms with Crippen LogP contribution in [-0.2, 0) is 11.2 Å². The molecule has 6 nitrogen and oxygen atoms in total. The van der Waals surface area contributed by atoms with Gasteiger partial charge in [-0.1, -0.05) is 31.2 Å². The molecule has 0 radical (unpaired) electrons. The Balaban J connectivity index is 1.85. The third kappa shape index (κ3) is 5.58. The smallest absolute Gasteiger partial charge is 0.337 e. The van der Waals surface area contributed by atoms with Gasteiger partial charge in [-0.15, -0.1) is 0 Å². The van der Waals surface area contributed by atoms with Gasteiger partial charge in [0.1, 0.15) is 5.75 Å². The van der Waals surface area contributed by atoms with Gasteiger partial charge in [0.25, 0.3) is 5.91 Å². The molecule has 0 fully saturated rings. The van der Waals surface area contributed by atoms with Gasteiger partial charge in [0, 0.05) is 0 Å². The topological polar surface area (TPSA) is 87.7 Å². The normalized spacial score (nSPS) is 9.96. The highest BCUT2D eigenvalue weighted by Crippen LogP contribution is 2.15. The summed E-state index contributed by atoms with van der Waals surface area (Å²) in [5.74, 6) is -0.941. The van der Waals surface area contributed by atoms with E-state index >= 15 is 0 Å². The lowest BCUT2D eigenvalue weighted by Crippen LogP contribution is -2.37. The molecule has 0 heterocycles. The summed E-state index contributed by atoms with van der Waals surface area (Å²) in [6, 6.07) is 13.7.